The lowest BCUT2D eigenvalue weighted by atomic mass is 10.0. The highest BCUT2D eigenvalue weighted by Crippen LogP contribution is 2.16. The van der Waals surface area contributed by atoms with Gasteiger partial charge in [0.15, 0.2) is 0 Å². The molecule has 0 aliphatic heterocycles. The third-order valence-corrected chi connectivity index (χ3v) is 13.6. The first-order chi connectivity index (χ1) is 33.0. The predicted octanol–water partition coefficient (Wildman–Crippen LogP) is 18.4. The van der Waals surface area contributed by atoms with Crippen LogP contribution in [0.1, 0.15) is 316 Å². The highest BCUT2D eigenvalue weighted by atomic mass is 16.5. The van der Waals surface area contributed by atoms with Gasteiger partial charge in [0.05, 0.1) is 25.4 Å². The van der Waals surface area contributed by atoms with Crippen molar-refractivity contribution in [1.82, 2.24) is 5.32 Å². The van der Waals surface area contributed by atoms with Crippen LogP contribution in [0.4, 0.5) is 0 Å². The summed E-state index contributed by atoms with van der Waals surface area (Å²) in [4.78, 5) is 24.5. The fourth-order valence-electron chi connectivity index (χ4n) is 9.03. The van der Waals surface area contributed by atoms with Crippen molar-refractivity contribution >= 4 is 11.9 Å². The van der Waals surface area contributed by atoms with Crippen LogP contribution in [0.2, 0.25) is 0 Å². The average Bonchev–Trinajstić information content (AvgIpc) is 3.33. The molecule has 394 valence electrons. The maximum atomic E-state index is 12.5. The molecule has 0 aromatic carbocycles. The summed E-state index contributed by atoms with van der Waals surface area (Å²) in [6, 6.07) is -0.638. The Morgan fingerprint density at radius 3 is 1.06 bits per heavy atom. The van der Waals surface area contributed by atoms with Crippen molar-refractivity contribution < 1.29 is 24.5 Å². The van der Waals surface area contributed by atoms with Crippen molar-refractivity contribution in [2.45, 2.75) is 328 Å². The summed E-state index contributed by atoms with van der Waals surface area (Å²) in [5.41, 5.74) is 0. The van der Waals surface area contributed by atoms with E-state index in [4.69, 9.17) is 4.74 Å². The van der Waals surface area contributed by atoms with E-state index in [1.54, 1.807) is 6.08 Å². The smallest absolute Gasteiger partial charge is 0.305 e. The minimum atomic E-state index is -0.853. The topological polar surface area (TPSA) is 95.9 Å². The number of allylic oxidation sites excluding steroid dienone is 5. The Balaban J connectivity index is 3.49. The first kappa shape index (κ1) is 65.1. The molecule has 0 saturated heterocycles. The van der Waals surface area contributed by atoms with Crippen LogP contribution in [-0.2, 0) is 14.3 Å². The van der Waals surface area contributed by atoms with E-state index in [2.05, 4.69) is 43.5 Å². The first-order valence-corrected chi connectivity index (χ1v) is 29.8. The second-order valence-electron chi connectivity index (χ2n) is 20.3. The molecule has 0 spiro atoms. The molecular weight excluding hydrogens is 827 g/mol. The Hall–Kier alpha value is -1.92. The number of ether oxygens (including phenoxy) is 1. The van der Waals surface area contributed by atoms with Crippen molar-refractivity contribution in [3.63, 3.8) is 0 Å². The van der Waals surface area contributed by atoms with Crippen LogP contribution in [0.25, 0.3) is 0 Å². The normalized spacial score (nSPS) is 12.8. The number of nitrogens with one attached hydrogen (secondary N) is 1. The summed E-state index contributed by atoms with van der Waals surface area (Å²) in [5.74, 6) is -0.0894. The van der Waals surface area contributed by atoms with Gasteiger partial charge in [0.2, 0.25) is 5.91 Å². The SMILES string of the molecule is CCCCCCCC/C=C\CCCCCCCC(=O)OCCCCCCCC/C=C\CCCCCCCCCC(=O)NC(CO)C(O)/C=C/CCCCCCCCCCCCCCCCCC. The summed E-state index contributed by atoms with van der Waals surface area (Å²) in [5, 5.41) is 23.1. The predicted molar refractivity (Wildman–Crippen MR) is 292 cm³/mol. The number of unbranched alkanes of at least 4 members (excludes halogenated alkanes) is 40. The van der Waals surface area contributed by atoms with Crippen LogP contribution >= 0.6 is 0 Å². The number of carbonyl (C=O) groups is 2. The molecule has 0 aromatic rings. The van der Waals surface area contributed by atoms with Gasteiger partial charge in [0, 0.05) is 12.8 Å². The Kier molecular flexibility index (Phi) is 55.0. The van der Waals surface area contributed by atoms with E-state index in [1.165, 1.54) is 231 Å². The van der Waals surface area contributed by atoms with Crippen LogP contribution < -0.4 is 5.32 Å². The summed E-state index contributed by atoms with van der Waals surface area (Å²) < 4.78 is 5.47. The van der Waals surface area contributed by atoms with Gasteiger partial charge in [0.25, 0.3) is 0 Å². The summed E-state index contributed by atoms with van der Waals surface area (Å²) in [6.07, 6.45) is 70.2. The number of hydrogen-bond donors (Lipinski definition) is 3. The molecule has 1 amide bonds. The second kappa shape index (κ2) is 56.7. The molecule has 2 unspecified atom stereocenters. The first-order valence-electron chi connectivity index (χ1n) is 29.8. The zero-order valence-electron chi connectivity index (χ0n) is 44.9. The van der Waals surface area contributed by atoms with E-state index in [-0.39, 0.29) is 18.5 Å². The van der Waals surface area contributed by atoms with Crippen molar-refractivity contribution in [2.24, 2.45) is 0 Å². The fourth-order valence-corrected chi connectivity index (χ4v) is 9.03. The maximum absolute atomic E-state index is 12.5. The zero-order valence-corrected chi connectivity index (χ0v) is 44.9. The molecule has 0 aliphatic carbocycles. The molecule has 3 N–H and O–H groups in total. The molecule has 6 heteroatoms. The van der Waals surface area contributed by atoms with E-state index in [1.807, 2.05) is 6.08 Å². The molecule has 0 radical (unpaired) electrons. The summed E-state index contributed by atoms with van der Waals surface area (Å²) >= 11 is 0. The van der Waals surface area contributed by atoms with Gasteiger partial charge in [0.1, 0.15) is 0 Å². The second-order valence-corrected chi connectivity index (χ2v) is 20.3. The minimum Gasteiger partial charge on any atom is -0.466 e. The lowest BCUT2D eigenvalue weighted by Gasteiger charge is -2.20. The summed E-state index contributed by atoms with van der Waals surface area (Å²) in [6.45, 7) is 4.89. The molecule has 0 rings (SSSR count). The van der Waals surface area contributed by atoms with Crippen LogP contribution in [0.15, 0.2) is 36.5 Å². The van der Waals surface area contributed by atoms with Crippen LogP contribution in [0, 0.1) is 0 Å². The van der Waals surface area contributed by atoms with E-state index >= 15 is 0 Å². The van der Waals surface area contributed by atoms with Crippen LogP contribution in [0.3, 0.4) is 0 Å². The van der Waals surface area contributed by atoms with Gasteiger partial charge in [-0.3, -0.25) is 9.59 Å². The number of hydrogen-bond acceptors (Lipinski definition) is 5. The van der Waals surface area contributed by atoms with Gasteiger partial charge < -0.3 is 20.3 Å². The average molecular weight is 943 g/mol. The molecule has 0 heterocycles. The van der Waals surface area contributed by atoms with Gasteiger partial charge >= 0.3 is 5.97 Å². The van der Waals surface area contributed by atoms with E-state index < -0.39 is 12.1 Å². The Morgan fingerprint density at radius 1 is 0.403 bits per heavy atom. The number of amides is 1. The minimum absolute atomic E-state index is 0.0107. The number of esters is 1. The molecular formula is C61H115NO5. The van der Waals surface area contributed by atoms with Crippen molar-refractivity contribution in [3.05, 3.63) is 36.5 Å². The quantitative estimate of drug-likeness (QED) is 0.0321. The number of aliphatic hydroxyl groups is 2. The largest absolute Gasteiger partial charge is 0.466 e. The molecule has 67 heavy (non-hydrogen) atoms. The van der Waals surface area contributed by atoms with Gasteiger partial charge in [-0.1, -0.05) is 256 Å². The highest BCUT2D eigenvalue weighted by Gasteiger charge is 2.18. The molecule has 0 saturated carbocycles. The highest BCUT2D eigenvalue weighted by molar-refractivity contribution is 5.76. The molecule has 0 bridgehead atoms. The van der Waals surface area contributed by atoms with Crippen molar-refractivity contribution in [1.29, 1.82) is 0 Å². The van der Waals surface area contributed by atoms with E-state index in [9.17, 15) is 19.8 Å². The molecule has 2 atom stereocenters. The Bertz CT molecular complexity index is 1090. The van der Waals surface area contributed by atoms with E-state index in [0.717, 1.165) is 57.8 Å². The van der Waals surface area contributed by atoms with Crippen LogP contribution in [-0.4, -0.2) is 47.4 Å². The van der Waals surface area contributed by atoms with Crippen molar-refractivity contribution in [3.8, 4) is 0 Å². The van der Waals surface area contributed by atoms with Gasteiger partial charge in [-0.25, -0.2) is 0 Å². The molecule has 0 aliphatic rings. The summed E-state index contributed by atoms with van der Waals surface area (Å²) in [7, 11) is 0. The lowest BCUT2D eigenvalue weighted by molar-refractivity contribution is -0.143. The molecule has 0 fully saturated rings. The monoisotopic (exact) mass is 942 g/mol. The number of rotatable bonds is 55. The molecule has 0 aromatic heterocycles. The third-order valence-electron chi connectivity index (χ3n) is 13.6. The lowest BCUT2D eigenvalue weighted by Crippen LogP contribution is -2.45. The third kappa shape index (κ3) is 53.3. The number of carbonyl (C=O) groups excluding carboxylic acids is 2. The van der Waals surface area contributed by atoms with Gasteiger partial charge in [-0.15, -0.1) is 0 Å². The molecule has 6 nitrogen and oxygen atoms in total. The van der Waals surface area contributed by atoms with Crippen LogP contribution in [0.5, 0.6) is 0 Å². The maximum Gasteiger partial charge on any atom is 0.305 e. The van der Waals surface area contributed by atoms with E-state index in [0.29, 0.717) is 19.4 Å². The Labute approximate surface area is 417 Å². The number of aliphatic hydroxyl groups excluding tert-OH is 2. The standard InChI is InChI=1S/C61H115NO5/c1-3-5-7-9-11-13-15-17-19-20-22-26-29-33-37-41-45-49-53-59(64)58(57-63)62-60(65)54-50-46-42-38-34-30-27-23-21-24-28-32-36-40-44-48-52-56-67-61(66)55-51-47-43-39-35-31-25-18-16-14-12-10-8-6-4-2/h18,21,24-25,49,53,58-59,63-64H,3-17,19-20,22-23,26-48,50-52,54-57H2,1-2H3,(H,62,65)/b24-21-,25-18-,53-49+. The van der Waals surface area contributed by atoms with Crippen molar-refractivity contribution in [2.75, 3.05) is 13.2 Å². The fraction of sp³-hybridized carbons (Fsp3) is 0.869. The van der Waals surface area contributed by atoms with Gasteiger partial charge in [-0.05, 0) is 83.5 Å². The zero-order chi connectivity index (χ0) is 48.6. The Morgan fingerprint density at radius 2 is 0.701 bits per heavy atom. The van der Waals surface area contributed by atoms with Gasteiger partial charge in [-0.2, -0.15) is 0 Å².